The van der Waals surface area contributed by atoms with Crippen molar-refractivity contribution < 1.29 is 19.1 Å². The van der Waals surface area contributed by atoms with Crippen molar-refractivity contribution in [3.8, 4) is 10.6 Å². The first-order chi connectivity index (χ1) is 16.8. The summed E-state index contributed by atoms with van der Waals surface area (Å²) >= 11 is 1.20. The Morgan fingerprint density at radius 1 is 1.00 bits per heavy atom. The van der Waals surface area contributed by atoms with Gasteiger partial charge in [-0.15, -0.1) is 10.2 Å². The Hall–Kier alpha value is -4.06. The minimum atomic E-state index is -0.742. The van der Waals surface area contributed by atoms with Gasteiger partial charge in [-0.1, -0.05) is 11.3 Å². The summed E-state index contributed by atoms with van der Waals surface area (Å²) in [6, 6.07) is 8.53. The summed E-state index contributed by atoms with van der Waals surface area (Å²) < 4.78 is 12.3. The summed E-state index contributed by atoms with van der Waals surface area (Å²) in [5.41, 5.74) is 6.12. The monoisotopic (exact) mass is 509 g/mol. The molecule has 1 amide bonds. The van der Waals surface area contributed by atoms with Gasteiger partial charge >= 0.3 is 12.2 Å². The van der Waals surface area contributed by atoms with E-state index in [0.717, 1.165) is 5.56 Å². The lowest BCUT2D eigenvalue weighted by Crippen LogP contribution is -2.33. The van der Waals surface area contributed by atoms with Gasteiger partial charge in [0.2, 0.25) is 5.13 Å². The van der Waals surface area contributed by atoms with Crippen LogP contribution in [0, 0.1) is 0 Å². The number of benzene rings is 1. The van der Waals surface area contributed by atoms with Crippen LogP contribution in [0.5, 0.6) is 0 Å². The highest BCUT2D eigenvalue weighted by Crippen LogP contribution is 2.35. The molecule has 188 valence electrons. The zero-order valence-corrected chi connectivity index (χ0v) is 21.7. The third-order valence-corrected chi connectivity index (χ3v) is 5.54. The number of carbonyl (C=O) groups excluding carboxylic acids is 2. The lowest BCUT2D eigenvalue weighted by molar-refractivity contribution is 0.0521. The molecular formula is C24H27N7O4S. The molecule has 2 N–H and O–H groups in total. The maximum Gasteiger partial charge on any atom is 0.435 e. The van der Waals surface area contributed by atoms with Crippen molar-refractivity contribution in [3.63, 3.8) is 0 Å². The maximum atomic E-state index is 13.3. The van der Waals surface area contributed by atoms with Crippen molar-refractivity contribution in [1.82, 2.24) is 25.0 Å². The molecule has 3 aromatic heterocycles. The molecule has 0 saturated heterocycles. The van der Waals surface area contributed by atoms with Gasteiger partial charge in [-0.3, -0.25) is 0 Å². The molecule has 1 aromatic carbocycles. The predicted octanol–water partition coefficient (Wildman–Crippen LogP) is 5.39. The van der Waals surface area contributed by atoms with E-state index >= 15 is 0 Å². The Morgan fingerprint density at radius 2 is 1.72 bits per heavy atom. The van der Waals surface area contributed by atoms with E-state index < -0.39 is 23.4 Å². The molecule has 0 spiro atoms. The third-order valence-electron chi connectivity index (χ3n) is 4.59. The van der Waals surface area contributed by atoms with E-state index in [1.165, 1.54) is 27.1 Å². The second-order valence-electron chi connectivity index (χ2n) is 9.95. The number of nitrogens with zero attached hydrogens (tertiary/aromatic N) is 6. The van der Waals surface area contributed by atoms with Crippen LogP contribution in [0.4, 0.5) is 26.2 Å². The summed E-state index contributed by atoms with van der Waals surface area (Å²) in [4.78, 5) is 31.2. The first-order valence-corrected chi connectivity index (χ1v) is 11.9. The van der Waals surface area contributed by atoms with E-state index in [2.05, 4.69) is 20.3 Å². The molecule has 0 unspecified atom stereocenters. The Kier molecular flexibility index (Phi) is 6.39. The molecule has 0 bridgehead atoms. The highest BCUT2D eigenvalue weighted by Gasteiger charge is 2.29. The van der Waals surface area contributed by atoms with Crippen molar-refractivity contribution in [2.75, 3.05) is 10.6 Å². The second-order valence-corrected chi connectivity index (χ2v) is 10.9. The second kappa shape index (κ2) is 9.19. The molecule has 4 aromatic rings. The summed E-state index contributed by atoms with van der Waals surface area (Å²) in [5.74, 6) is 0.348. The Bertz CT molecular complexity index is 1430. The van der Waals surface area contributed by atoms with E-state index in [4.69, 9.17) is 15.2 Å². The van der Waals surface area contributed by atoms with E-state index in [1.54, 1.807) is 78.1 Å². The Labute approximate surface area is 211 Å². The van der Waals surface area contributed by atoms with Crippen molar-refractivity contribution in [3.05, 3.63) is 42.7 Å². The first-order valence-electron chi connectivity index (χ1n) is 11.1. The van der Waals surface area contributed by atoms with Crippen LogP contribution < -0.4 is 10.6 Å². The van der Waals surface area contributed by atoms with Crippen molar-refractivity contribution in [2.24, 2.45) is 0 Å². The Balaban J connectivity index is 1.74. The van der Waals surface area contributed by atoms with Crippen molar-refractivity contribution in [2.45, 2.75) is 52.7 Å². The molecule has 0 atom stereocenters. The van der Waals surface area contributed by atoms with Crippen LogP contribution in [0.2, 0.25) is 0 Å². The summed E-state index contributed by atoms with van der Waals surface area (Å²) in [6.45, 7) is 10.7. The number of rotatable bonds is 3. The maximum absolute atomic E-state index is 13.3. The zero-order chi connectivity index (χ0) is 26.3. The number of nitrogen functional groups attached to an aromatic ring is 1. The zero-order valence-electron chi connectivity index (χ0n) is 20.8. The molecule has 0 aliphatic heterocycles. The molecule has 11 nitrogen and oxygen atoms in total. The van der Waals surface area contributed by atoms with Crippen LogP contribution in [0.15, 0.2) is 42.7 Å². The molecular weight excluding hydrogens is 482 g/mol. The van der Waals surface area contributed by atoms with Crippen molar-refractivity contribution in [1.29, 1.82) is 0 Å². The smallest absolute Gasteiger partial charge is 0.435 e. The number of aromatic nitrogens is 5. The first kappa shape index (κ1) is 25.0. The SMILES string of the molecule is CC(C)(C)OC(=O)N(c1ccc2c(cnn2C(=O)OC(C)(C)C)c1)c1nnc(-c2ccnc(N)c2)s1. The highest BCUT2D eigenvalue weighted by molar-refractivity contribution is 7.18. The summed E-state index contributed by atoms with van der Waals surface area (Å²) in [6.07, 6.45) is 1.88. The van der Waals surface area contributed by atoms with Crippen molar-refractivity contribution >= 4 is 51.1 Å². The lowest BCUT2D eigenvalue weighted by Gasteiger charge is -2.25. The number of amides is 1. The molecule has 4 rings (SSSR count). The van der Waals surface area contributed by atoms with Crippen LogP contribution in [-0.4, -0.2) is 48.4 Å². The van der Waals surface area contributed by atoms with Gasteiger partial charge in [-0.05, 0) is 71.9 Å². The third kappa shape index (κ3) is 5.60. The number of hydrogen-bond acceptors (Lipinski definition) is 10. The number of anilines is 3. The molecule has 12 heteroatoms. The fraction of sp³-hybridized carbons (Fsp3) is 0.333. The average molecular weight is 510 g/mol. The number of nitrogens with two attached hydrogens (primary N) is 1. The minimum absolute atomic E-state index is 0.300. The molecule has 0 fully saturated rings. The van der Waals surface area contributed by atoms with Gasteiger partial charge in [-0.2, -0.15) is 9.78 Å². The van der Waals surface area contributed by atoms with Gasteiger partial charge in [0.15, 0.2) is 0 Å². The fourth-order valence-electron chi connectivity index (χ4n) is 3.22. The molecule has 0 aliphatic carbocycles. The van der Waals surface area contributed by atoms with E-state index in [-0.39, 0.29) is 0 Å². The average Bonchev–Trinajstić information content (AvgIpc) is 3.38. The van der Waals surface area contributed by atoms with Gasteiger partial charge < -0.3 is 15.2 Å². The summed E-state index contributed by atoms with van der Waals surface area (Å²) in [5, 5.41) is 14.1. The summed E-state index contributed by atoms with van der Waals surface area (Å²) in [7, 11) is 0. The number of fused-ring (bicyclic) bond motifs is 1. The van der Waals surface area contributed by atoms with Gasteiger partial charge in [0.05, 0.1) is 17.4 Å². The van der Waals surface area contributed by atoms with Gasteiger partial charge in [0.25, 0.3) is 0 Å². The quantitative estimate of drug-likeness (QED) is 0.385. The van der Waals surface area contributed by atoms with Gasteiger partial charge in [-0.25, -0.2) is 19.5 Å². The molecule has 0 aliphatic rings. The normalized spacial score (nSPS) is 11.9. The van der Waals surface area contributed by atoms with Crippen LogP contribution in [0.3, 0.4) is 0 Å². The molecule has 0 radical (unpaired) electrons. The Morgan fingerprint density at radius 3 is 2.39 bits per heavy atom. The standard InChI is InChI=1S/C24H27N7O4S/c1-23(2,3)34-21(32)30(20-29-28-19(36-20)14-9-10-26-18(25)12-14)16-7-8-17-15(11-16)13-27-31(17)22(33)35-24(4,5)6/h7-13H,1-6H3,(H2,25,26). The van der Waals surface area contributed by atoms with E-state index in [1.807, 2.05) is 0 Å². The predicted molar refractivity (Wildman–Crippen MR) is 137 cm³/mol. The van der Waals surface area contributed by atoms with Crippen LogP contribution >= 0.6 is 11.3 Å². The minimum Gasteiger partial charge on any atom is -0.443 e. The number of pyridine rings is 1. The van der Waals surface area contributed by atoms with Crippen LogP contribution in [-0.2, 0) is 9.47 Å². The number of hydrogen-bond donors (Lipinski definition) is 1. The van der Waals surface area contributed by atoms with Gasteiger partial charge in [0, 0.05) is 17.1 Å². The number of carbonyl (C=O) groups is 2. The number of ether oxygens (including phenoxy) is 2. The highest BCUT2D eigenvalue weighted by atomic mass is 32.1. The molecule has 36 heavy (non-hydrogen) atoms. The van der Waals surface area contributed by atoms with Crippen LogP contribution in [0.25, 0.3) is 21.5 Å². The van der Waals surface area contributed by atoms with E-state index in [0.29, 0.717) is 32.5 Å². The largest absolute Gasteiger partial charge is 0.443 e. The fourth-order valence-corrected chi connectivity index (χ4v) is 4.07. The van der Waals surface area contributed by atoms with E-state index in [9.17, 15) is 9.59 Å². The van der Waals surface area contributed by atoms with Crippen LogP contribution in [0.1, 0.15) is 41.5 Å². The lowest BCUT2D eigenvalue weighted by atomic mass is 10.2. The molecule has 0 saturated carbocycles. The molecule has 3 heterocycles. The van der Waals surface area contributed by atoms with Gasteiger partial charge in [0.1, 0.15) is 22.0 Å². The topological polar surface area (TPSA) is 138 Å².